The Hall–Kier alpha value is -0.330. The van der Waals surface area contributed by atoms with Crippen molar-refractivity contribution in [2.75, 3.05) is 13.1 Å². The highest BCUT2D eigenvalue weighted by atomic mass is 35.5. The van der Waals surface area contributed by atoms with Crippen LogP contribution in [0.5, 0.6) is 0 Å². The van der Waals surface area contributed by atoms with Gasteiger partial charge in [0.2, 0.25) is 10.0 Å². The molecule has 2 atom stereocenters. The lowest BCUT2D eigenvalue weighted by Crippen LogP contribution is -2.48. The molecule has 7 heteroatoms. The molecule has 0 aliphatic carbocycles. The Kier molecular flexibility index (Phi) is 4.42. The third-order valence-corrected chi connectivity index (χ3v) is 6.00. The van der Waals surface area contributed by atoms with Gasteiger partial charge < -0.3 is 5.73 Å². The summed E-state index contributed by atoms with van der Waals surface area (Å²) in [7, 11) is -3.64. The summed E-state index contributed by atoms with van der Waals surface area (Å²) in [5, 5.41) is 0.299. The molecule has 1 fully saturated rings. The summed E-state index contributed by atoms with van der Waals surface area (Å²) in [5.41, 5.74) is 5.89. The lowest BCUT2D eigenvalue weighted by Gasteiger charge is -2.34. The van der Waals surface area contributed by atoms with E-state index in [1.807, 2.05) is 6.92 Å². The minimum absolute atomic E-state index is 0.0444. The lowest BCUT2D eigenvalue weighted by atomic mass is 9.99. The summed E-state index contributed by atoms with van der Waals surface area (Å²) in [6, 6.07) is 4.47. The molecule has 1 heterocycles. The van der Waals surface area contributed by atoms with Crippen molar-refractivity contribution in [3.8, 4) is 0 Å². The van der Waals surface area contributed by atoms with E-state index in [-0.39, 0.29) is 26.9 Å². The molecule has 0 aromatic heterocycles. The van der Waals surface area contributed by atoms with Crippen molar-refractivity contribution in [1.82, 2.24) is 4.31 Å². The monoisotopic (exact) mass is 322 g/mol. The maximum atomic E-state index is 12.6. The maximum Gasteiger partial charge on any atom is 0.244 e. The van der Waals surface area contributed by atoms with Crippen LogP contribution < -0.4 is 5.73 Å². The number of hydrogen-bond acceptors (Lipinski definition) is 3. The summed E-state index contributed by atoms with van der Waals surface area (Å²) in [6.45, 7) is 2.76. The summed E-state index contributed by atoms with van der Waals surface area (Å²) in [4.78, 5) is 0.0444. The Labute approximate surface area is 123 Å². The molecular formula is C12H16Cl2N2O2S. The number of halogens is 2. The second kappa shape index (κ2) is 5.58. The largest absolute Gasteiger partial charge is 0.326 e. The predicted molar refractivity (Wildman–Crippen MR) is 77.0 cm³/mol. The number of nitrogens with zero attached hydrogens (tertiary/aromatic N) is 1. The van der Waals surface area contributed by atoms with Crippen molar-refractivity contribution in [3.63, 3.8) is 0 Å². The molecule has 1 aliphatic heterocycles. The van der Waals surface area contributed by atoms with E-state index in [0.717, 1.165) is 6.42 Å². The molecule has 0 saturated carbocycles. The molecule has 1 saturated heterocycles. The molecule has 0 bridgehead atoms. The molecule has 2 rings (SSSR count). The van der Waals surface area contributed by atoms with Crippen molar-refractivity contribution in [2.45, 2.75) is 24.3 Å². The van der Waals surface area contributed by atoms with Crippen LogP contribution in [0.2, 0.25) is 10.0 Å². The molecule has 0 spiro atoms. The van der Waals surface area contributed by atoms with Gasteiger partial charge in [0, 0.05) is 19.1 Å². The number of benzene rings is 1. The van der Waals surface area contributed by atoms with E-state index < -0.39 is 10.0 Å². The van der Waals surface area contributed by atoms with Gasteiger partial charge in [-0.15, -0.1) is 0 Å². The number of piperidine rings is 1. The Balaban J connectivity index is 2.39. The Morgan fingerprint density at radius 3 is 2.63 bits per heavy atom. The van der Waals surface area contributed by atoms with E-state index in [2.05, 4.69) is 0 Å². The van der Waals surface area contributed by atoms with Gasteiger partial charge in [0.15, 0.2) is 0 Å². The van der Waals surface area contributed by atoms with Crippen LogP contribution in [0.15, 0.2) is 23.1 Å². The van der Waals surface area contributed by atoms with E-state index >= 15 is 0 Å². The molecule has 0 amide bonds. The van der Waals surface area contributed by atoms with Gasteiger partial charge in [-0.25, -0.2) is 8.42 Å². The first-order valence-corrected chi connectivity index (χ1v) is 8.21. The fourth-order valence-corrected chi connectivity index (χ4v) is 4.72. The van der Waals surface area contributed by atoms with E-state index in [1.165, 1.54) is 10.4 Å². The smallest absolute Gasteiger partial charge is 0.244 e. The van der Waals surface area contributed by atoms with Crippen molar-refractivity contribution in [3.05, 3.63) is 28.2 Å². The molecule has 0 radical (unpaired) electrons. The first kappa shape index (κ1) is 15.1. The molecule has 2 unspecified atom stereocenters. The van der Waals surface area contributed by atoms with Crippen LogP contribution in [0.3, 0.4) is 0 Å². The maximum absolute atomic E-state index is 12.6. The summed E-state index contributed by atoms with van der Waals surface area (Å²) in [6.07, 6.45) is 0.829. The first-order valence-electron chi connectivity index (χ1n) is 6.02. The van der Waals surface area contributed by atoms with Gasteiger partial charge in [0.1, 0.15) is 4.90 Å². The van der Waals surface area contributed by atoms with Crippen LogP contribution in [0, 0.1) is 5.92 Å². The van der Waals surface area contributed by atoms with Crippen molar-refractivity contribution < 1.29 is 8.42 Å². The molecule has 1 aromatic rings. The predicted octanol–water partition coefficient (Wildman–Crippen LogP) is 2.35. The highest BCUT2D eigenvalue weighted by molar-refractivity contribution is 7.89. The van der Waals surface area contributed by atoms with Crippen molar-refractivity contribution in [1.29, 1.82) is 0 Å². The second-order valence-corrected chi connectivity index (χ2v) is 7.67. The first-order chi connectivity index (χ1) is 8.82. The third kappa shape index (κ3) is 3.06. The van der Waals surface area contributed by atoms with Gasteiger partial charge in [-0.1, -0.05) is 36.2 Å². The molecular weight excluding hydrogens is 307 g/mol. The molecule has 1 aromatic carbocycles. The van der Waals surface area contributed by atoms with Gasteiger partial charge in [0.25, 0.3) is 0 Å². The highest BCUT2D eigenvalue weighted by Crippen LogP contribution is 2.32. The molecule has 4 nitrogen and oxygen atoms in total. The van der Waals surface area contributed by atoms with Gasteiger partial charge in [-0.3, -0.25) is 0 Å². The normalized spacial score (nSPS) is 25.5. The van der Waals surface area contributed by atoms with E-state index in [0.29, 0.717) is 13.1 Å². The van der Waals surface area contributed by atoms with Crippen molar-refractivity contribution in [2.24, 2.45) is 11.7 Å². The highest BCUT2D eigenvalue weighted by Gasteiger charge is 2.33. The third-order valence-electron chi connectivity index (χ3n) is 3.19. The van der Waals surface area contributed by atoms with E-state index in [9.17, 15) is 8.42 Å². The number of rotatable bonds is 2. The Morgan fingerprint density at radius 2 is 2.00 bits per heavy atom. The Morgan fingerprint density at radius 1 is 1.32 bits per heavy atom. The minimum Gasteiger partial charge on any atom is -0.326 e. The van der Waals surface area contributed by atoms with Crippen LogP contribution in [0.1, 0.15) is 13.3 Å². The zero-order valence-corrected chi connectivity index (χ0v) is 12.8. The van der Waals surface area contributed by atoms with Gasteiger partial charge in [0.05, 0.1) is 10.0 Å². The summed E-state index contributed by atoms with van der Waals surface area (Å²) < 4.78 is 26.5. The number of nitrogens with two attached hydrogens (primary N) is 1. The van der Waals surface area contributed by atoms with Gasteiger partial charge in [-0.2, -0.15) is 4.31 Å². The average molecular weight is 323 g/mol. The van der Waals surface area contributed by atoms with E-state index in [4.69, 9.17) is 28.9 Å². The fraction of sp³-hybridized carbons (Fsp3) is 0.500. The second-order valence-electron chi connectivity index (χ2n) is 4.97. The fourth-order valence-electron chi connectivity index (χ4n) is 2.37. The van der Waals surface area contributed by atoms with Crippen molar-refractivity contribution >= 4 is 33.2 Å². The molecule has 106 valence electrons. The topological polar surface area (TPSA) is 63.4 Å². The lowest BCUT2D eigenvalue weighted by molar-refractivity contribution is 0.254. The number of hydrogen-bond donors (Lipinski definition) is 1. The average Bonchev–Trinajstić information content (AvgIpc) is 2.31. The number of sulfonamides is 1. The molecule has 2 N–H and O–H groups in total. The van der Waals surface area contributed by atoms with Crippen LogP contribution in [-0.2, 0) is 10.0 Å². The zero-order valence-electron chi connectivity index (χ0n) is 10.5. The minimum atomic E-state index is -3.64. The van der Waals surface area contributed by atoms with E-state index in [1.54, 1.807) is 12.1 Å². The molecule has 1 aliphatic rings. The van der Waals surface area contributed by atoms with Gasteiger partial charge >= 0.3 is 0 Å². The van der Waals surface area contributed by atoms with Gasteiger partial charge in [-0.05, 0) is 24.5 Å². The SMILES string of the molecule is CC1CC(N)CN(S(=O)(=O)c2cccc(Cl)c2Cl)C1. The summed E-state index contributed by atoms with van der Waals surface area (Å²) >= 11 is 11.9. The van der Waals surface area contributed by atoms with Crippen LogP contribution in [0.4, 0.5) is 0 Å². The molecule has 19 heavy (non-hydrogen) atoms. The quantitative estimate of drug-likeness (QED) is 0.909. The van der Waals surface area contributed by atoms with Crippen LogP contribution >= 0.6 is 23.2 Å². The van der Waals surface area contributed by atoms with Crippen LogP contribution in [-0.4, -0.2) is 31.9 Å². The van der Waals surface area contributed by atoms with Crippen LogP contribution in [0.25, 0.3) is 0 Å². The standard InChI is InChI=1S/C12H16Cl2N2O2S/c1-8-5-9(15)7-16(6-8)19(17,18)11-4-2-3-10(13)12(11)14/h2-4,8-9H,5-7,15H2,1H3. The zero-order chi connectivity index (χ0) is 14.2. The Bertz CT molecular complexity index is 567. The summed E-state index contributed by atoms with van der Waals surface area (Å²) in [5.74, 6) is 0.233.